The lowest BCUT2D eigenvalue weighted by atomic mass is 9.85. The summed E-state index contributed by atoms with van der Waals surface area (Å²) in [4.78, 5) is 15.5. The van der Waals surface area contributed by atoms with Gasteiger partial charge in [0.05, 0.1) is 5.41 Å². The van der Waals surface area contributed by atoms with E-state index < -0.39 is 5.41 Å². The fourth-order valence-corrected chi connectivity index (χ4v) is 1.43. The van der Waals surface area contributed by atoms with E-state index in [1.807, 2.05) is 6.07 Å². The molecular weight excluding hydrogens is 246 g/mol. The summed E-state index contributed by atoms with van der Waals surface area (Å²) in [7, 11) is 0. The molecular formula is C9H12BrN3O. The summed E-state index contributed by atoms with van der Waals surface area (Å²) in [5, 5.41) is 0. The number of hydrogen-bond donors (Lipinski definition) is 2. The molecule has 76 valence electrons. The minimum atomic E-state index is -0.675. The van der Waals surface area contributed by atoms with Crippen LogP contribution in [-0.2, 0) is 10.2 Å². The lowest BCUT2D eigenvalue weighted by molar-refractivity contribution is -0.125. The van der Waals surface area contributed by atoms with Gasteiger partial charge in [-0.1, -0.05) is 0 Å². The second-order valence-electron chi connectivity index (χ2n) is 3.49. The molecule has 0 unspecified atom stereocenters. The van der Waals surface area contributed by atoms with Gasteiger partial charge in [-0.3, -0.25) is 15.2 Å². The second kappa shape index (κ2) is 4.06. The third kappa shape index (κ3) is 2.10. The summed E-state index contributed by atoms with van der Waals surface area (Å²) in [6.07, 6.45) is 3.32. The van der Waals surface area contributed by atoms with Gasteiger partial charge in [0.25, 0.3) is 0 Å². The smallest absolute Gasteiger partial charge is 0.244 e. The Morgan fingerprint density at radius 3 is 2.71 bits per heavy atom. The van der Waals surface area contributed by atoms with Gasteiger partial charge in [0.2, 0.25) is 5.91 Å². The molecule has 0 bridgehead atoms. The van der Waals surface area contributed by atoms with Crippen molar-refractivity contribution in [1.82, 2.24) is 10.4 Å². The zero-order valence-corrected chi connectivity index (χ0v) is 9.63. The number of carbonyl (C=O) groups is 1. The molecule has 0 aliphatic carbocycles. The monoisotopic (exact) mass is 257 g/mol. The molecule has 0 aliphatic rings. The van der Waals surface area contributed by atoms with Crippen molar-refractivity contribution in [3.63, 3.8) is 0 Å². The number of nitrogens with zero attached hydrogens (tertiary/aromatic N) is 1. The molecule has 0 saturated heterocycles. The molecule has 1 amide bonds. The minimum Gasteiger partial charge on any atom is -0.294 e. The van der Waals surface area contributed by atoms with Crippen LogP contribution in [0.5, 0.6) is 0 Å². The van der Waals surface area contributed by atoms with E-state index in [0.717, 1.165) is 10.0 Å². The SMILES string of the molecule is CC(C)(C(=O)NN)c1cncc(Br)c1. The van der Waals surface area contributed by atoms with E-state index in [-0.39, 0.29) is 5.91 Å². The Kier molecular flexibility index (Phi) is 3.23. The zero-order valence-electron chi connectivity index (χ0n) is 8.04. The summed E-state index contributed by atoms with van der Waals surface area (Å²) in [6, 6.07) is 1.85. The number of hydrogen-bond acceptors (Lipinski definition) is 3. The molecule has 1 rings (SSSR count). The number of carbonyl (C=O) groups excluding carboxylic acids is 1. The van der Waals surface area contributed by atoms with E-state index in [0.29, 0.717) is 0 Å². The molecule has 0 radical (unpaired) electrons. The third-order valence-electron chi connectivity index (χ3n) is 2.13. The Bertz CT molecular complexity index is 352. The molecule has 1 aromatic heterocycles. The van der Waals surface area contributed by atoms with Crippen LogP contribution in [0, 0.1) is 0 Å². The largest absolute Gasteiger partial charge is 0.294 e. The summed E-state index contributed by atoms with van der Waals surface area (Å²) in [6.45, 7) is 3.58. The molecule has 0 atom stereocenters. The summed E-state index contributed by atoms with van der Waals surface area (Å²) >= 11 is 3.30. The fraction of sp³-hybridized carbons (Fsp3) is 0.333. The van der Waals surface area contributed by atoms with Gasteiger partial charge in [-0.25, -0.2) is 5.84 Å². The number of aromatic nitrogens is 1. The molecule has 0 aromatic carbocycles. The van der Waals surface area contributed by atoms with Crippen LogP contribution in [0.25, 0.3) is 0 Å². The number of amides is 1. The molecule has 1 aromatic rings. The topological polar surface area (TPSA) is 68.0 Å². The summed E-state index contributed by atoms with van der Waals surface area (Å²) in [5.74, 6) is 4.86. The first-order valence-electron chi connectivity index (χ1n) is 4.10. The van der Waals surface area contributed by atoms with Crippen LogP contribution >= 0.6 is 15.9 Å². The first kappa shape index (κ1) is 11.1. The maximum Gasteiger partial charge on any atom is 0.244 e. The van der Waals surface area contributed by atoms with Crippen LogP contribution < -0.4 is 11.3 Å². The molecule has 0 fully saturated rings. The second-order valence-corrected chi connectivity index (χ2v) is 4.41. The standard InChI is InChI=1S/C9H12BrN3O/c1-9(2,8(14)13-11)6-3-7(10)5-12-4-6/h3-5H,11H2,1-2H3,(H,13,14). The van der Waals surface area contributed by atoms with Crippen molar-refractivity contribution in [2.24, 2.45) is 5.84 Å². The predicted octanol–water partition coefficient (Wildman–Crippen LogP) is 1.11. The maximum atomic E-state index is 11.5. The average molecular weight is 258 g/mol. The molecule has 0 aliphatic heterocycles. The molecule has 5 heteroatoms. The highest BCUT2D eigenvalue weighted by molar-refractivity contribution is 9.10. The fourth-order valence-electron chi connectivity index (χ4n) is 1.07. The van der Waals surface area contributed by atoms with Crippen LogP contribution in [0.2, 0.25) is 0 Å². The lowest BCUT2D eigenvalue weighted by Crippen LogP contribution is -2.43. The number of nitrogens with two attached hydrogens (primary N) is 1. The van der Waals surface area contributed by atoms with E-state index >= 15 is 0 Å². The Morgan fingerprint density at radius 1 is 1.57 bits per heavy atom. The maximum absolute atomic E-state index is 11.5. The van der Waals surface area contributed by atoms with Gasteiger partial charge in [0.15, 0.2) is 0 Å². The van der Waals surface area contributed by atoms with Gasteiger partial charge in [-0.15, -0.1) is 0 Å². The van der Waals surface area contributed by atoms with Gasteiger partial charge < -0.3 is 0 Å². The molecule has 0 saturated carbocycles. The van der Waals surface area contributed by atoms with Crippen molar-refractivity contribution in [1.29, 1.82) is 0 Å². The van der Waals surface area contributed by atoms with Crippen LogP contribution in [0.1, 0.15) is 19.4 Å². The van der Waals surface area contributed by atoms with E-state index in [4.69, 9.17) is 5.84 Å². The minimum absolute atomic E-state index is 0.239. The lowest BCUT2D eigenvalue weighted by Gasteiger charge is -2.22. The van der Waals surface area contributed by atoms with E-state index in [2.05, 4.69) is 26.3 Å². The third-order valence-corrected chi connectivity index (χ3v) is 2.56. The van der Waals surface area contributed by atoms with Gasteiger partial charge in [-0.2, -0.15) is 0 Å². The Labute approximate surface area is 91.0 Å². The van der Waals surface area contributed by atoms with E-state index in [9.17, 15) is 4.79 Å². The van der Waals surface area contributed by atoms with Crippen molar-refractivity contribution in [2.45, 2.75) is 19.3 Å². The highest BCUT2D eigenvalue weighted by Crippen LogP contribution is 2.24. The molecule has 0 spiro atoms. The summed E-state index contributed by atoms with van der Waals surface area (Å²) in [5.41, 5.74) is 2.28. The van der Waals surface area contributed by atoms with Crippen molar-refractivity contribution < 1.29 is 4.79 Å². The number of hydrazine groups is 1. The Balaban J connectivity index is 3.09. The first-order valence-corrected chi connectivity index (χ1v) is 4.90. The van der Waals surface area contributed by atoms with Gasteiger partial charge in [0.1, 0.15) is 0 Å². The number of nitrogens with one attached hydrogen (secondary N) is 1. The van der Waals surface area contributed by atoms with E-state index in [1.165, 1.54) is 0 Å². The highest BCUT2D eigenvalue weighted by Gasteiger charge is 2.29. The molecule has 14 heavy (non-hydrogen) atoms. The number of halogens is 1. The molecule has 4 nitrogen and oxygen atoms in total. The normalized spacial score (nSPS) is 11.1. The zero-order chi connectivity index (χ0) is 10.8. The Morgan fingerprint density at radius 2 is 2.21 bits per heavy atom. The van der Waals surface area contributed by atoms with Crippen molar-refractivity contribution in [3.8, 4) is 0 Å². The molecule has 1 heterocycles. The first-order chi connectivity index (χ1) is 6.48. The van der Waals surface area contributed by atoms with E-state index in [1.54, 1.807) is 26.2 Å². The van der Waals surface area contributed by atoms with Gasteiger partial charge >= 0.3 is 0 Å². The van der Waals surface area contributed by atoms with Crippen molar-refractivity contribution in [3.05, 3.63) is 28.5 Å². The van der Waals surface area contributed by atoms with Crippen LogP contribution in [0.3, 0.4) is 0 Å². The van der Waals surface area contributed by atoms with Crippen molar-refractivity contribution >= 4 is 21.8 Å². The van der Waals surface area contributed by atoms with Crippen LogP contribution in [0.15, 0.2) is 22.9 Å². The number of rotatable bonds is 2. The van der Waals surface area contributed by atoms with Crippen LogP contribution in [-0.4, -0.2) is 10.9 Å². The average Bonchev–Trinajstić information content (AvgIpc) is 2.16. The van der Waals surface area contributed by atoms with Crippen LogP contribution in [0.4, 0.5) is 0 Å². The van der Waals surface area contributed by atoms with Gasteiger partial charge in [-0.05, 0) is 41.4 Å². The number of pyridine rings is 1. The predicted molar refractivity (Wildman–Crippen MR) is 57.3 cm³/mol. The Hall–Kier alpha value is -0.940. The quantitative estimate of drug-likeness (QED) is 0.474. The molecule has 3 N–H and O–H groups in total. The van der Waals surface area contributed by atoms with Crippen molar-refractivity contribution in [2.75, 3.05) is 0 Å². The highest BCUT2D eigenvalue weighted by atomic mass is 79.9. The van der Waals surface area contributed by atoms with Gasteiger partial charge in [0, 0.05) is 16.9 Å². The summed E-state index contributed by atoms with van der Waals surface area (Å²) < 4.78 is 0.841.